The number of nitrogens with one attached hydrogen (secondary N) is 2. The van der Waals surface area contributed by atoms with Crippen molar-refractivity contribution in [1.29, 1.82) is 0 Å². The summed E-state index contributed by atoms with van der Waals surface area (Å²) in [7, 11) is 5.02. The van der Waals surface area contributed by atoms with Crippen LogP contribution in [0.2, 0.25) is 0 Å². The van der Waals surface area contributed by atoms with E-state index >= 15 is 0 Å². The number of methoxy groups -OCH3 is 3. The van der Waals surface area contributed by atoms with E-state index in [9.17, 15) is 0 Å². The van der Waals surface area contributed by atoms with E-state index in [1.54, 1.807) is 21.3 Å². The van der Waals surface area contributed by atoms with Crippen LogP contribution in [0.1, 0.15) is 12.5 Å². The van der Waals surface area contributed by atoms with E-state index in [2.05, 4.69) is 17.6 Å². The molecule has 0 fully saturated rings. The molecule has 2 N–H and O–H groups in total. The topological polar surface area (TPSA) is 51.8 Å². The van der Waals surface area contributed by atoms with Crippen molar-refractivity contribution in [3.8, 4) is 11.5 Å². The van der Waals surface area contributed by atoms with Gasteiger partial charge in [0, 0.05) is 38.3 Å². The minimum absolute atomic E-state index is 0.364. The van der Waals surface area contributed by atoms with Crippen LogP contribution in [0.3, 0.4) is 0 Å². The first-order chi connectivity index (χ1) is 9.72. The molecule has 1 aromatic rings. The quantitative estimate of drug-likeness (QED) is 0.636. The van der Waals surface area contributed by atoms with Gasteiger partial charge in [0.05, 0.1) is 20.8 Å². The molecule has 5 nitrogen and oxygen atoms in total. The molecule has 0 aliphatic rings. The summed E-state index contributed by atoms with van der Waals surface area (Å²) in [6, 6.07) is 6.28. The van der Waals surface area contributed by atoms with Crippen LogP contribution in [-0.2, 0) is 11.3 Å². The van der Waals surface area contributed by atoms with Crippen LogP contribution in [0, 0.1) is 0 Å². The Hall–Kier alpha value is -1.30. The van der Waals surface area contributed by atoms with Gasteiger partial charge in [0.2, 0.25) is 0 Å². The Balaban J connectivity index is 2.44. The summed E-state index contributed by atoms with van der Waals surface area (Å²) < 4.78 is 15.7. The van der Waals surface area contributed by atoms with Crippen molar-refractivity contribution in [3.05, 3.63) is 23.8 Å². The molecule has 0 aliphatic heterocycles. The van der Waals surface area contributed by atoms with Crippen molar-refractivity contribution in [1.82, 2.24) is 10.6 Å². The molecule has 0 spiro atoms. The van der Waals surface area contributed by atoms with Gasteiger partial charge < -0.3 is 24.8 Å². The lowest BCUT2D eigenvalue weighted by atomic mass is 10.1. The Morgan fingerprint density at radius 2 is 1.95 bits per heavy atom. The Morgan fingerprint density at radius 3 is 2.60 bits per heavy atom. The molecule has 114 valence electrons. The van der Waals surface area contributed by atoms with Gasteiger partial charge in [-0.1, -0.05) is 12.1 Å². The van der Waals surface area contributed by atoms with E-state index in [0.29, 0.717) is 6.04 Å². The Kier molecular flexibility index (Phi) is 8.02. The van der Waals surface area contributed by atoms with E-state index in [4.69, 9.17) is 14.2 Å². The molecule has 0 amide bonds. The fraction of sp³-hybridized carbons (Fsp3) is 0.600. The van der Waals surface area contributed by atoms with Gasteiger partial charge in [-0.3, -0.25) is 0 Å². The lowest BCUT2D eigenvalue weighted by Crippen LogP contribution is -2.37. The standard InChI is InChI=1S/C15H26N2O3/c1-12(10-16-8-9-18-2)17-11-13-6-5-7-14(19-3)15(13)20-4/h5-7,12,16-17H,8-11H2,1-4H3. The number of hydrogen-bond acceptors (Lipinski definition) is 5. The second-order valence-corrected chi connectivity index (χ2v) is 4.63. The summed E-state index contributed by atoms with van der Waals surface area (Å²) in [5.74, 6) is 1.56. The van der Waals surface area contributed by atoms with Crippen molar-refractivity contribution in [2.75, 3.05) is 41.0 Å². The van der Waals surface area contributed by atoms with Gasteiger partial charge in [-0.25, -0.2) is 0 Å². The predicted molar refractivity (Wildman–Crippen MR) is 80.6 cm³/mol. The molecular formula is C15H26N2O3. The molecule has 1 unspecified atom stereocenters. The Labute approximate surface area is 121 Å². The van der Waals surface area contributed by atoms with Crippen molar-refractivity contribution >= 4 is 0 Å². The fourth-order valence-electron chi connectivity index (χ4n) is 1.94. The molecule has 0 saturated carbocycles. The second-order valence-electron chi connectivity index (χ2n) is 4.63. The highest BCUT2D eigenvalue weighted by Crippen LogP contribution is 2.30. The number of benzene rings is 1. The van der Waals surface area contributed by atoms with Crippen LogP contribution in [-0.4, -0.2) is 47.1 Å². The summed E-state index contributed by atoms with van der Waals surface area (Å²) >= 11 is 0. The largest absolute Gasteiger partial charge is 0.493 e. The molecule has 1 atom stereocenters. The molecule has 1 rings (SSSR count). The highest BCUT2D eigenvalue weighted by molar-refractivity contribution is 5.46. The lowest BCUT2D eigenvalue weighted by molar-refractivity contribution is 0.198. The van der Waals surface area contributed by atoms with Crippen LogP contribution >= 0.6 is 0 Å². The molecular weight excluding hydrogens is 256 g/mol. The highest BCUT2D eigenvalue weighted by atomic mass is 16.5. The monoisotopic (exact) mass is 282 g/mol. The molecule has 0 bridgehead atoms. The summed E-state index contributed by atoms with van der Waals surface area (Å²) in [5, 5.41) is 6.79. The van der Waals surface area contributed by atoms with Gasteiger partial charge in [0.15, 0.2) is 11.5 Å². The van der Waals surface area contributed by atoms with Gasteiger partial charge >= 0.3 is 0 Å². The van der Waals surface area contributed by atoms with Crippen LogP contribution < -0.4 is 20.1 Å². The van der Waals surface area contributed by atoms with Gasteiger partial charge in [-0.15, -0.1) is 0 Å². The second kappa shape index (κ2) is 9.58. The molecule has 0 radical (unpaired) electrons. The maximum absolute atomic E-state index is 5.42. The summed E-state index contributed by atoms with van der Waals surface area (Å²) in [6.45, 7) is 5.39. The lowest BCUT2D eigenvalue weighted by Gasteiger charge is -2.17. The normalized spacial score (nSPS) is 12.2. The molecule has 1 aromatic carbocycles. The van der Waals surface area contributed by atoms with Crippen LogP contribution in [0.5, 0.6) is 11.5 Å². The average molecular weight is 282 g/mol. The van der Waals surface area contributed by atoms with Crippen molar-refractivity contribution < 1.29 is 14.2 Å². The van der Waals surface area contributed by atoms with Gasteiger partial charge in [-0.05, 0) is 13.0 Å². The van der Waals surface area contributed by atoms with Crippen molar-refractivity contribution in [3.63, 3.8) is 0 Å². The van der Waals surface area contributed by atoms with Crippen molar-refractivity contribution in [2.24, 2.45) is 0 Å². The third-order valence-corrected chi connectivity index (χ3v) is 3.06. The summed E-state index contributed by atoms with van der Waals surface area (Å²) in [5.41, 5.74) is 1.09. The van der Waals surface area contributed by atoms with Gasteiger partial charge in [0.25, 0.3) is 0 Å². The fourth-order valence-corrected chi connectivity index (χ4v) is 1.94. The number of rotatable bonds is 10. The Morgan fingerprint density at radius 1 is 1.15 bits per heavy atom. The number of hydrogen-bond donors (Lipinski definition) is 2. The van der Waals surface area contributed by atoms with E-state index in [1.165, 1.54) is 0 Å². The maximum Gasteiger partial charge on any atom is 0.165 e. The van der Waals surface area contributed by atoms with Crippen LogP contribution in [0.4, 0.5) is 0 Å². The van der Waals surface area contributed by atoms with E-state index in [0.717, 1.165) is 43.3 Å². The third kappa shape index (κ3) is 5.36. The molecule has 20 heavy (non-hydrogen) atoms. The minimum Gasteiger partial charge on any atom is -0.493 e. The zero-order chi connectivity index (χ0) is 14.8. The SMILES string of the molecule is COCCNCC(C)NCc1cccc(OC)c1OC. The maximum atomic E-state index is 5.42. The number of ether oxygens (including phenoxy) is 3. The van der Waals surface area contributed by atoms with Crippen LogP contribution in [0.15, 0.2) is 18.2 Å². The smallest absolute Gasteiger partial charge is 0.165 e. The van der Waals surface area contributed by atoms with E-state index < -0.39 is 0 Å². The molecule has 5 heteroatoms. The molecule has 0 heterocycles. The molecule has 0 saturated heterocycles. The van der Waals surface area contributed by atoms with Crippen LogP contribution in [0.25, 0.3) is 0 Å². The van der Waals surface area contributed by atoms with E-state index in [-0.39, 0.29) is 0 Å². The van der Waals surface area contributed by atoms with E-state index in [1.807, 2.05) is 18.2 Å². The summed E-state index contributed by atoms with van der Waals surface area (Å²) in [6.07, 6.45) is 0. The molecule has 0 aromatic heterocycles. The minimum atomic E-state index is 0.364. The highest BCUT2D eigenvalue weighted by Gasteiger charge is 2.10. The first kappa shape index (κ1) is 16.8. The third-order valence-electron chi connectivity index (χ3n) is 3.06. The zero-order valence-corrected chi connectivity index (χ0v) is 12.9. The van der Waals surface area contributed by atoms with Gasteiger partial charge in [0.1, 0.15) is 0 Å². The predicted octanol–water partition coefficient (Wildman–Crippen LogP) is 1.42. The average Bonchev–Trinajstić information content (AvgIpc) is 2.48. The summed E-state index contributed by atoms with van der Waals surface area (Å²) in [4.78, 5) is 0. The first-order valence-corrected chi connectivity index (χ1v) is 6.85. The Bertz CT molecular complexity index is 385. The van der Waals surface area contributed by atoms with Crippen molar-refractivity contribution in [2.45, 2.75) is 19.5 Å². The molecule has 0 aliphatic carbocycles. The first-order valence-electron chi connectivity index (χ1n) is 6.85. The number of para-hydroxylation sites is 1. The zero-order valence-electron chi connectivity index (χ0n) is 12.9. The van der Waals surface area contributed by atoms with Gasteiger partial charge in [-0.2, -0.15) is 0 Å².